The topological polar surface area (TPSA) is 82.8 Å². The van der Waals surface area contributed by atoms with E-state index in [0.29, 0.717) is 31.4 Å². The summed E-state index contributed by atoms with van der Waals surface area (Å²) in [6.07, 6.45) is 6.35. The van der Waals surface area contributed by atoms with Gasteiger partial charge in [0.2, 0.25) is 0 Å². The molecule has 1 aliphatic rings. The lowest BCUT2D eigenvalue weighted by molar-refractivity contribution is -0.150. The number of rotatable bonds is 7. The third-order valence-electron chi connectivity index (χ3n) is 6.01. The zero-order chi connectivity index (χ0) is 24.9. The number of benzene rings is 2. The monoisotopic (exact) mass is 603 g/mol. The van der Waals surface area contributed by atoms with Crippen molar-refractivity contribution in [3.8, 4) is 5.75 Å². The first kappa shape index (κ1) is 25.6. The fourth-order valence-corrected chi connectivity index (χ4v) is 5.66. The predicted octanol–water partition coefficient (Wildman–Crippen LogP) is 6.18. The standard InChI is InChI=1S/C26H27Br2N3O4/c1-3-34-26(33)16(2)35-23-20(27)13-17(14-21(23)28)15-29-31-24(18-9-5-4-6-10-18)30-22-12-8-7-11-19(22)25(31)32/h7-8,11-16,18H,3-6,9-10H2,1-2H3/t16-/m1/s1. The van der Waals surface area contributed by atoms with Gasteiger partial charge in [0.05, 0.1) is 32.7 Å². The molecule has 0 N–H and O–H groups in total. The second kappa shape index (κ2) is 11.5. The molecule has 1 aliphatic carbocycles. The second-order valence-electron chi connectivity index (χ2n) is 8.51. The van der Waals surface area contributed by atoms with Crippen LogP contribution in [0.25, 0.3) is 10.9 Å². The van der Waals surface area contributed by atoms with Crippen LogP contribution in [0.5, 0.6) is 5.75 Å². The molecular weight excluding hydrogens is 578 g/mol. The summed E-state index contributed by atoms with van der Waals surface area (Å²) >= 11 is 7.03. The number of nitrogens with zero attached hydrogens (tertiary/aromatic N) is 3. The van der Waals surface area contributed by atoms with E-state index in [0.717, 1.165) is 31.2 Å². The van der Waals surface area contributed by atoms with Crippen LogP contribution in [-0.2, 0) is 9.53 Å². The molecule has 7 nitrogen and oxygen atoms in total. The molecule has 3 aromatic rings. The molecule has 1 atom stereocenters. The molecule has 0 radical (unpaired) electrons. The van der Waals surface area contributed by atoms with Crippen LogP contribution in [0.3, 0.4) is 0 Å². The van der Waals surface area contributed by atoms with E-state index < -0.39 is 12.1 Å². The van der Waals surface area contributed by atoms with Crippen LogP contribution in [0.2, 0.25) is 0 Å². The first-order chi connectivity index (χ1) is 16.9. The number of aromatic nitrogens is 2. The van der Waals surface area contributed by atoms with Crippen LogP contribution >= 0.6 is 31.9 Å². The van der Waals surface area contributed by atoms with E-state index in [4.69, 9.17) is 14.5 Å². The summed E-state index contributed by atoms with van der Waals surface area (Å²) in [5.74, 6) is 0.966. The van der Waals surface area contributed by atoms with Crippen LogP contribution in [0.4, 0.5) is 0 Å². The number of ether oxygens (including phenoxy) is 2. The molecular formula is C26H27Br2N3O4. The van der Waals surface area contributed by atoms with Gasteiger partial charge in [0.15, 0.2) is 6.10 Å². The largest absolute Gasteiger partial charge is 0.477 e. The predicted molar refractivity (Wildman–Crippen MR) is 143 cm³/mol. The molecule has 0 bridgehead atoms. The molecule has 2 aromatic carbocycles. The molecule has 0 aliphatic heterocycles. The lowest BCUT2D eigenvalue weighted by atomic mass is 9.88. The average Bonchev–Trinajstić information content (AvgIpc) is 2.86. The molecule has 1 fully saturated rings. The van der Waals surface area contributed by atoms with Crippen molar-refractivity contribution in [2.75, 3.05) is 6.61 Å². The maximum absolute atomic E-state index is 13.4. The number of hydrogen-bond donors (Lipinski definition) is 0. The van der Waals surface area contributed by atoms with E-state index >= 15 is 0 Å². The van der Waals surface area contributed by atoms with E-state index in [2.05, 4.69) is 37.0 Å². The molecule has 184 valence electrons. The fraction of sp³-hybridized carbons (Fsp3) is 0.385. The number of halogens is 2. The van der Waals surface area contributed by atoms with Crippen molar-refractivity contribution in [3.05, 3.63) is 67.1 Å². The summed E-state index contributed by atoms with van der Waals surface area (Å²) in [6, 6.07) is 11.0. The minimum atomic E-state index is -0.762. The molecule has 0 amide bonds. The van der Waals surface area contributed by atoms with Gasteiger partial charge in [-0.3, -0.25) is 4.79 Å². The zero-order valence-corrected chi connectivity index (χ0v) is 22.8. The summed E-state index contributed by atoms with van der Waals surface area (Å²) in [4.78, 5) is 30.2. The second-order valence-corrected chi connectivity index (χ2v) is 10.2. The number of fused-ring (bicyclic) bond motifs is 1. The highest BCUT2D eigenvalue weighted by Crippen LogP contribution is 2.35. The number of para-hydroxylation sites is 1. The Kier molecular flexibility index (Phi) is 8.38. The molecule has 1 heterocycles. The Hall–Kier alpha value is -2.52. The van der Waals surface area contributed by atoms with Gasteiger partial charge in [0.1, 0.15) is 11.6 Å². The first-order valence-corrected chi connectivity index (χ1v) is 13.4. The quantitative estimate of drug-likeness (QED) is 0.237. The molecule has 4 rings (SSSR count). The van der Waals surface area contributed by atoms with Crippen LogP contribution in [-0.4, -0.2) is 34.6 Å². The van der Waals surface area contributed by atoms with Crippen molar-refractivity contribution in [3.63, 3.8) is 0 Å². The van der Waals surface area contributed by atoms with Crippen LogP contribution < -0.4 is 10.3 Å². The van der Waals surface area contributed by atoms with Gasteiger partial charge in [-0.05, 0) is 88.4 Å². The van der Waals surface area contributed by atoms with Crippen LogP contribution in [0, 0.1) is 0 Å². The number of esters is 1. The highest BCUT2D eigenvalue weighted by Gasteiger charge is 2.23. The van der Waals surface area contributed by atoms with Crippen molar-refractivity contribution < 1.29 is 14.3 Å². The van der Waals surface area contributed by atoms with E-state index in [1.165, 1.54) is 11.1 Å². The van der Waals surface area contributed by atoms with Gasteiger partial charge < -0.3 is 9.47 Å². The van der Waals surface area contributed by atoms with Gasteiger partial charge >= 0.3 is 5.97 Å². The summed E-state index contributed by atoms with van der Waals surface area (Å²) in [6.45, 7) is 3.68. The van der Waals surface area contributed by atoms with Gasteiger partial charge in [0.25, 0.3) is 5.56 Å². The summed E-state index contributed by atoms with van der Waals surface area (Å²) in [7, 11) is 0. The molecule has 9 heteroatoms. The Bertz CT molecular complexity index is 1290. The van der Waals surface area contributed by atoms with Gasteiger partial charge in [-0.1, -0.05) is 31.4 Å². The van der Waals surface area contributed by atoms with Crippen molar-refractivity contribution in [2.24, 2.45) is 5.10 Å². The molecule has 0 saturated heterocycles. The molecule has 35 heavy (non-hydrogen) atoms. The van der Waals surface area contributed by atoms with E-state index in [9.17, 15) is 9.59 Å². The number of hydrogen-bond acceptors (Lipinski definition) is 6. The SMILES string of the molecule is CCOC(=O)[C@@H](C)Oc1c(Br)cc(C=Nn2c(C3CCCCC3)nc3ccccc3c2=O)cc1Br. The molecule has 1 saturated carbocycles. The summed E-state index contributed by atoms with van der Waals surface area (Å²) in [5.41, 5.74) is 1.27. The number of carbonyl (C=O) groups excluding carboxylic acids is 1. The van der Waals surface area contributed by atoms with Crippen LogP contribution in [0.1, 0.15) is 63.3 Å². The Morgan fingerprint density at radius 3 is 2.57 bits per heavy atom. The van der Waals surface area contributed by atoms with Crippen molar-refractivity contribution >= 4 is 54.9 Å². The fourth-order valence-electron chi connectivity index (χ4n) is 4.25. The smallest absolute Gasteiger partial charge is 0.347 e. The van der Waals surface area contributed by atoms with Crippen molar-refractivity contribution in [1.82, 2.24) is 9.66 Å². The maximum atomic E-state index is 13.4. The lowest BCUT2D eigenvalue weighted by Gasteiger charge is -2.22. The minimum absolute atomic E-state index is 0.172. The van der Waals surface area contributed by atoms with E-state index in [1.54, 1.807) is 26.1 Å². The molecule has 1 aromatic heterocycles. The highest BCUT2D eigenvalue weighted by atomic mass is 79.9. The minimum Gasteiger partial charge on any atom is -0.477 e. The van der Waals surface area contributed by atoms with E-state index in [-0.39, 0.29) is 18.1 Å². The summed E-state index contributed by atoms with van der Waals surface area (Å²) < 4.78 is 13.5. The van der Waals surface area contributed by atoms with Crippen LogP contribution in [0.15, 0.2) is 55.2 Å². The zero-order valence-electron chi connectivity index (χ0n) is 19.7. The maximum Gasteiger partial charge on any atom is 0.347 e. The van der Waals surface area contributed by atoms with E-state index in [1.807, 2.05) is 30.3 Å². The Morgan fingerprint density at radius 1 is 1.20 bits per heavy atom. The van der Waals surface area contributed by atoms with Crippen molar-refractivity contribution in [2.45, 2.75) is 58.0 Å². The summed E-state index contributed by atoms with van der Waals surface area (Å²) in [5, 5.41) is 5.13. The normalized spacial score (nSPS) is 15.4. The van der Waals surface area contributed by atoms with Gasteiger partial charge in [-0.2, -0.15) is 9.78 Å². The van der Waals surface area contributed by atoms with Crippen molar-refractivity contribution in [1.29, 1.82) is 0 Å². The molecule has 0 spiro atoms. The Balaban J connectivity index is 1.68. The van der Waals surface area contributed by atoms with Gasteiger partial charge in [0, 0.05) is 5.92 Å². The van der Waals surface area contributed by atoms with Gasteiger partial charge in [-0.15, -0.1) is 0 Å². The molecule has 0 unspecified atom stereocenters. The third-order valence-corrected chi connectivity index (χ3v) is 7.18. The average molecular weight is 605 g/mol. The highest BCUT2D eigenvalue weighted by molar-refractivity contribution is 9.11. The van der Waals surface area contributed by atoms with Gasteiger partial charge in [-0.25, -0.2) is 9.78 Å². The lowest BCUT2D eigenvalue weighted by Crippen LogP contribution is -2.26. The Labute approximate surface area is 220 Å². The Morgan fingerprint density at radius 2 is 1.89 bits per heavy atom. The number of carbonyl (C=O) groups is 1. The third kappa shape index (κ3) is 5.83. The first-order valence-electron chi connectivity index (χ1n) is 11.8.